The molecule has 27 heavy (non-hydrogen) atoms. The number of hydrogen-bond acceptors (Lipinski definition) is 3. The molecule has 1 fully saturated rings. The van der Waals surface area contributed by atoms with Gasteiger partial charge in [0.1, 0.15) is 18.1 Å². The molecule has 0 atom stereocenters. The number of carbonyl (C=O) groups excluding carboxylic acids is 1. The summed E-state index contributed by atoms with van der Waals surface area (Å²) in [4.78, 5) is 11.9. The number of thiocarbonyl (C=S) groups is 1. The van der Waals surface area contributed by atoms with Gasteiger partial charge in [-0.1, -0.05) is 58.4 Å². The maximum absolute atomic E-state index is 11.9. The second-order valence-corrected chi connectivity index (χ2v) is 7.40. The SMILES string of the molecule is O=C1NC(=S)N/C1=C/c1cc(Br)ccc1OCc1cccc2ccccc12. The summed E-state index contributed by atoms with van der Waals surface area (Å²) in [5, 5.41) is 8.07. The molecule has 1 aliphatic rings. The third-order valence-electron chi connectivity index (χ3n) is 4.25. The molecule has 0 aliphatic carbocycles. The first-order valence-corrected chi connectivity index (χ1v) is 9.53. The molecule has 0 aromatic heterocycles. The summed E-state index contributed by atoms with van der Waals surface area (Å²) in [7, 11) is 0. The third-order valence-corrected chi connectivity index (χ3v) is 4.95. The van der Waals surface area contributed by atoms with Crippen molar-refractivity contribution in [1.29, 1.82) is 0 Å². The number of carbonyl (C=O) groups is 1. The van der Waals surface area contributed by atoms with E-state index in [1.165, 1.54) is 10.8 Å². The average Bonchev–Trinajstić information content (AvgIpc) is 2.98. The molecule has 0 unspecified atom stereocenters. The molecule has 4 rings (SSSR count). The lowest BCUT2D eigenvalue weighted by Crippen LogP contribution is -2.21. The van der Waals surface area contributed by atoms with Crippen molar-refractivity contribution in [2.75, 3.05) is 0 Å². The van der Waals surface area contributed by atoms with Crippen LogP contribution in [0.1, 0.15) is 11.1 Å². The fourth-order valence-corrected chi connectivity index (χ4v) is 3.56. The summed E-state index contributed by atoms with van der Waals surface area (Å²) in [6, 6.07) is 20.1. The van der Waals surface area contributed by atoms with E-state index in [4.69, 9.17) is 17.0 Å². The number of hydrogen-bond donors (Lipinski definition) is 2. The molecule has 0 radical (unpaired) electrons. The molecule has 1 heterocycles. The van der Waals surface area contributed by atoms with Crippen LogP contribution >= 0.6 is 28.1 Å². The van der Waals surface area contributed by atoms with E-state index >= 15 is 0 Å². The maximum atomic E-state index is 11.9. The molecular weight excluding hydrogens is 424 g/mol. The van der Waals surface area contributed by atoms with Crippen molar-refractivity contribution in [3.05, 3.63) is 82.0 Å². The number of rotatable bonds is 4. The minimum Gasteiger partial charge on any atom is -0.488 e. The van der Waals surface area contributed by atoms with Crippen LogP contribution in [0, 0.1) is 0 Å². The first-order chi connectivity index (χ1) is 13.1. The molecule has 0 saturated carbocycles. The fourth-order valence-electron chi connectivity index (χ4n) is 2.98. The minimum absolute atomic E-state index is 0.250. The molecule has 4 nitrogen and oxygen atoms in total. The highest BCUT2D eigenvalue weighted by Crippen LogP contribution is 2.27. The number of fused-ring (bicyclic) bond motifs is 1. The lowest BCUT2D eigenvalue weighted by atomic mass is 10.1. The van der Waals surface area contributed by atoms with Gasteiger partial charge in [-0.25, -0.2) is 0 Å². The summed E-state index contributed by atoms with van der Waals surface area (Å²) >= 11 is 8.45. The van der Waals surface area contributed by atoms with Gasteiger partial charge in [0.15, 0.2) is 5.11 Å². The standard InChI is InChI=1S/C21H15BrN2O2S/c22-16-8-9-19(15(10-16)11-18-20(25)24-21(27)23-18)26-12-14-6-3-5-13-4-1-2-7-17(13)14/h1-11H,12H2,(H2,23,24,25,27)/b18-11+. The summed E-state index contributed by atoms with van der Waals surface area (Å²) in [6.45, 7) is 0.428. The predicted octanol–water partition coefficient (Wildman–Crippen LogP) is 4.53. The Balaban J connectivity index is 1.64. The van der Waals surface area contributed by atoms with Gasteiger partial charge in [0.05, 0.1) is 0 Å². The van der Waals surface area contributed by atoms with E-state index in [2.05, 4.69) is 50.8 Å². The van der Waals surface area contributed by atoms with Gasteiger partial charge < -0.3 is 10.1 Å². The number of benzene rings is 3. The molecule has 3 aromatic carbocycles. The van der Waals surface area contributed by atoms with Crippen LogP contribution in [-0.2, 0) is 11.4 Å². The Morgan fingerprint density at radius 1 is 1.04 bits per heavy atom. The van der Waals surface area contributed by atoms with Crippen molar-refractivity contribution in [3.63, 3.8) is 0 Å². The molecule has 1 saturated heterocycles. The van der Waals surface area contributed by atoms with E-state index in [0.29, 0.717) is 23.2 Å². The van der Waals surface area contributed by atoms with Crippen molar-refractivity contribution in [1.82, 2.24) is 10.6 Å². The fraction of sp³-hybridized carbons (Fsp3) is 0.0476. The second kappa shape index (κ2) is 7.50. The van der Waals surface area contributed by atoms with E-state index in [1.54, 1.807) is 6.08 Å². The van der Waals surface area contributed by atoms with E-state index in [-0.39, 0.29) is 5.91 Å². The Hall–Kier alpha value is -2.70. The monoisotopic (exact) mass is 438 g/mol. The van der Waals surface area contributed by atoms with Gasteiger partial charge in [-0.05, 0) is 52.8 Å². The van der Waals surface area contributed by atoms with Crippen LogP contribution in [0.5, 0.6) is 5.75 Å². The lowest BCUT2D eigenvalue weighted by Gasteiger charge is -2.12. The van der Waals surface area contributed by atoms with Crippen molar-refractivity contribution >= 4 is 56.0 Å². The van der Waals surface area contributed by atoms with Gasteiger partial charge in [0.2, 0.25) is 0 Å². The molecule has 0 spiro atoms. The molecule has 1 aliphatic heterocycles. The maximum Gasteiger partial charge on any atom is 0.273 e. The quantitative estimate of drug-likeness (QED) is 0.464. The Bertz CT molecular complexity index is 1090. The van der Waals surface area contributed by atoms with Gasteiger partial charge in [0.25, 0.3) is 5.91 Å². The topological polar surface area (TPSA) is 50.4 Å². The number of halogens is 1. The zero-order valence-electron chi connectivity index (χ0n) is 14.2. The molecule has 1 amide bonds. The van der Waals surface area contributed by atoms with Gasteiger partial charge in [-0.3, -0.25) is 10.1 Å². The molecule has 0 bridgehead atoms. The van der Waals surface area contributed by atoms with Crippen molar-refractivity contribution < 1.29 is 9.53 Å². The van der Waals surface area contributed by atoms with E-state index in [1.807, 2.05) is 36.4 Å². The predicted molar refractivity (Wildman–Crippen MR) is 114 cm³/mol. The first kappa shape index (κ1) is 17.7. The minimum atomic E-state index is -0.250. The molecule has 134 valence electrons. The Morgan fingerprint density at radius 2 is 1.85 bits per heavy atom. The summed E-state index contributed by atoms with van der Waals surface area (Å²) in [5.41, 5.74) is 2.28. The first-order valence-electron chi connectivity index (χ1n) is 8.33. The van der Waals surface area contributed by atoms with E-state index < -0.39 is 0 Å². The number of amides is 1. The normalized spacial score (nSPS) is 15.1. The molecule has 3 aromatic rings. The van der Waals surface area contributed by atoms with Gasteiger partial charge >= 0.3 is 0 Å². The summed E-state index contributed by atoms with van der Waals surface area (Å²) < 4.78 is 7.00. The van der Waals surface area contributed by atoms with E-state index in [0.717, 1.165) is 15.6 Å². The van der Waals surface area contributed by atoms with Crippen molar-refractivity contribution in [2.24, 2.45) is 0 Å². The Morgan fingerprint density at radius 3 is 2.67 bits per heavy atom. The van der Waals surface area contributed by atoms with Crippen molar-refractivity contribution in [3.8, 4) is 5.75 Å². The van der Waals surface area contributed by atoms with Crippen LogP contribution < -0.4 is 15.4 Å². The van der Waals surface area contributed by atoms with Crippen LogP contribution in [0.15, 0.2) is 70.8 Å². The second-order valence-electron chi connectivity index (χ2n) is 6.08. The van der Waals surface area contributed by atoms with Crippen LogP contribution in [0.2, 0.25) is 0 Å². The molecule has 6 heteroatoms. The largest absolute Gasteiger partial charge is 0.488 e. The Labute approximate surface area is 170 Å². The van der Waals surface area contributed by atoms with E-state index in [9.17, 15) is 4.79 Å². The van der Waals surface area contributed by atoms with Crippen LogP contribution in [0.4, 0.5) is 0 Å². The Kier molecular flexibility index (Phi) is 4.92. The molecule has 2 N–H and O–H groups in total. The molecular formula is C21H15BrN2O2S. The van der Waals surface area contributed by atoms with Crippen LogP contribution in [0.3, 0.4) is 0 Å². The van der Waals surface area contributed by atoms with Crippen LogP contribution in [-0.4, -0.2) is 11.0 Å². The summed E-state index contributed by atoms with van der Waals surface area (Å²) in [5.74, 6) is 0.436. The smallest absolute Gasteiger partial charge is 0.273 e. The lowest BCUT2D eigenvalue weighted by molar-refractivity contribution is -0.115. The highest BCUT2D eigenvalue weighted by Gasteiger charge is 2.20. The van der Waals surface area contributed by atoms with Gasteiger partial charge in [-0.2, -0.15) is 0 Å². The highest BCUT2D eigenvalue weighted by molar-refractivity contribution is 9.10. The highest BCUT2D eigenvalue weighted by atomic mass is 79.9. The van der Waals surface area contributed by atoms with Crippen LogP contribution in [0.25, 0.3) is 16.8 Å². The number of ether oxygens (including phenoxy) is 1. The zero-order valence-corrected chi connectivity index (χ0v) is 16.6. The average molecular weight is 439 g/mol. The van der Waals surface area contributed by atoms with Crippen molar-refractivity contribution in [2.45, 2.75) is 6.61 Å². The van der Waals surface area contributed by atoms with Gasteiger partial charge in [-0.15, -0.1) is 0 Å². The summed E-state index contributed by atoms with van der Waals surface area (Å²) in [6.07, 6.45) is 1.73. The third kappa shape index (κ3) is 3.86. The van der Waals surface area contributed by atoms with Gasteiger partial charge in [0, 0.05) is 10.0 Å². The number of nitrogens with one attached hydrogen (secondary N) is 2. The zero-order chi connectivity index (χ0) is 18.8.